The van der Waals surface area contributed by atoms with Gasteiger partial charge in [0.05, 0.1) is 0 Å². The van der Waals surface area contributed by atoms with Gasteiger partial charge in [-0.05, 0) is 49.3 Å². The van der Waals surface area contributed by atoms with Crippen molar-refractivity contribution in [2.45, 2.75) is 46.5 Å². The highest BCUT2D eigenvalue weighted by Crippen LogP contribution is 2.26. The van der Waals surface area contributed by atoms with Gasteiger partial charge in [-0.2, -0.15) is 0 Å². The van der Waals surface area contributed by atoms with Crippen LogP contribution in [0.3, 0.4) is 0 Å². The number of amides is 1. The molecule has 1 aromatic rings. The van der Waals surface area contributed by atoms with Gasteiger partial charge in [-0.15, -0.1) is 0 Å². The van der Waals surface area contributed by atoms with E-state index in [0.29, 0.717) is 5.92 Å². The van der Waals surface area contributed by atoms with E-state index in [-0.39, 0.29) is 11.3 Å². The molecule has 1 aromatic carbocycles. The van der Waals surface area contributed by atoms with Gasteiger partial charge < -0.3 is 4.90 Å². The van der Waals surface area contributed by atoms with Crippen LogP contribution in [-0.2, 0) is 11.2 Å². The molecule has 0 radical (unpaired) electrons. The van der Waals surface area contributed by atoms with Crippen molar-refractivity contribution >= 4 is 5.91 Å². The Morgan fingerprint density at radius 3 is 2.64 bits per heavy atom. The predicted octanol–water partition coefficient (Wildman–Crippen LogP) is 4.18. The minimum Gasteiger partial charge on any atom is -0.342 e. The summed E-state index contributed by atoms with van der Waals surface area (Å²) in [7, 11) is 0. The summed E-state index contributed by atoms with van der Waals surface area (Å²) < 4.78 is 26.1. The van der Waals surface area contributed by atoms with Crippen molar-refractivity contribution < 1.29 is 13.6 Å². The maximum absolute atomic E-state index is 13.2. The van der Waals surface area contributed by atoms with Gasteiger partial charge in [0, 0.05) is 18.5 Å². The van der Waals surface area contributed by atoms with Crippen LogP contribution in [0.1, 0.15) is 45.6 Å². The predicted molar refractivity (Wildman–Crippen MR) is 83.4 cm³/mol. The number of nitrogens with zero attached hydrogens (tertiary/aromatic N) is 1. The lowest BCUT2D eigenvalue weighted by Gasteiger charge is -2.36. The summed E-state index contributed by atoms with van der Waals surface area (Å²) >= 11 is 0. The zero-order valence-corrected chi connectivity index (χ0v) is 13.7. The van der Waals surface area contributed by atoms with Gasteiger partial charge >= 0.3 is 0 Å². The average Bonchev–Trinajstić information content (AvgIpc) is 2.47. The molecule has 0 N–H and O–H groups in total. The Kier molecular flexibility index (Phi) is 5.20. The number of piperidine rings is 1. The van der Waals surface area contributed by atoms with Crippen molar-refractivity contribution in [1.82, 2.24) is 4.90 Å². The molecule has 1 saturated heterocycles. The fraction of sp³-hybridized carbons (Fsp3) is 0.611. The third-order valence-corrected chi connectivity index (χ3v) is 4.27. The summed E-state index contributed by atoms with van der Waals surface area (Å²) in [5.41, 5.74) is 0.472. The standard InChI is InChI=1S/C18H25F2NO/c1-18(2,3)17(22)21-10-4-5-14(12-21)7-6-13-8-9-15(19)16(20)11-13/h8-9,11,14H,4-7,10,12H2,1-3H3. The monoisotopic (exact) mass is 309 g/mol. The zero-order valence-electron chi connectivity index (χ0n) is 13.7. The van der Waals surface area contributed by atoms with Crippen LogP contribution in [0.5, 0.6) is 0 Å². The molecule has 1 aliphatic rings. The molecule has 1 heterocycles. The smallest absolute Gasteiger partial charge is 0.227 e. The first kappa shape index (κ1) is 16.9. The van der Waals surface area contributed by atoms with Crippen LogP contribution in [-0.4, -0.2) is 23.9 Å². The highest BCUT2D eigenvalue weighted by atomic mass is 19.2. The number of rotatable bonds is 3. The van der Waals surface area contributed by atoms with Crippen LogP contribution >= 0.6 is 0 Å². The highest BCUT2D eigenvalue weighted by Gasteiger charge is 2.30. The molecule has 122 valence electrons. The molecular weight excluding hydrogens is 284 g/mol. The van der Waals surface area contributed by atoms with Crippen LogP contribution in [0.15, 0.2) is 18.2 Å². The lowest BCUT2D eigenvalue weighted by Crippen LogP contribution is -2.45. The van der Waals surface area contributed by atoms with Gasteiger partial charge in [-0.25, -0.2) is 8.78 Å². The van der Waals surface area contributed by atoms with E-state index in [4.69, 9.17) is 0 Å². The van der Waals surface area contributed by atoms with E-state index in [2.05, 4.69) is 0 Å². The maximum atomic E-state index is 13.2. The second-order valence-corrected chi connectivity index (χ2v) is 7.30. The number of hydrogen-bond acceptors (Lipinski definition) is 1. The molecule has 1 atom stereocenters. The van der Waals surface area contributed by atoms with Crippen molar-refractivity contribution in [3.05, 3.63) is 35.4 Å². The van der Waals surface area contributed by atoms with E-state index in [0.717, 1.165) is 44.3 Å². The normalized spacial score (nSPS) is 19.3. The van der Waals surface area contributed by atoms with E-state index >= 15 is 0 Å². The third kappa shape index (κ3) is 4.28. The van der Waals surface area contributed by atoms with Gasteiger partial charge in [-0.3, -0.25) is 4.79 Å². The van der Waals surface area contributed by atoms with Crippen LogP contribution in [0, 0.1) is 23.0 Å². The Morgan fingerprint density at radius 1 is 1.27 bits per heavy atom. The van der Waals surface area contributed by atoms with Gasteiger partial charge in [0.25, 0.3) is 0 Å². The van der Waals surface area contributed by atoms with Gasteiger partial charge in [0.15, 0.2) is 11.6 Å². The largest absolute Gasteiger partial charge is 0.342 e. The van der Waals surface area contributed by atoms with Crippen molar-refractivity contribution in [2.75, 3.05) is 13.1 Å². The van der Waals surface area contributed by atoms with Crippen molar-refractivity contribution in [2.24, 2.45) is 11.3 Å². The maximum Gasteiger partial charge on any atom is 0.227 e. The average molecular weight is 309 g/mol. The third-order valence-electron chi connectivity index (χ3n) is 4.27. The first-order chi connectivity index (χ1) is 10.3. The van der Waals surface area contributed by atoms with E-state index in [1.54, 1.807) is 6.07 Å². The Bertz CT molecular complexity index is 536. The van der Waals surface area contributed by atoms with E-state index < -0.39 is 11.6 Å². The number of benzene rings is 1. The number of halogens is 2. The molecular formula is C18H25F2NO. The Morgan fingerprint density at radius 2 is 2.00 bits per heavy atom. The van der Waals surface area contributed by atoms with Crippen LogP contribution in [0.2, 0.25) is 0 Å². The molecule has 1 unspecified atom stereocenters. The second kappa shape index (κ2) is 6.76. The molecule has 0 spiro atoms. The van der Waals surface area contributed by atoms with Crippen molar-refractivity contribution in [3.8, 4) is 0 Å². The van der Waals surface area contributed by atoms with Crippen LogP contribution in [0.4, 0.5) is 8.78 Å². The Labute approximate surface area is 131 Å². The summed E-state index contributed by atoms with van der Waals surface area (Å²) in [6.07, 6.45) is 3.74. The molecule has 22 heavy (non-hydrogen) atoms. The fourth-order valence-electron chi connectivity index (χ4n) is 3.03. The van der Waals surface area contributed by atoms with E-state index in [1.165, 1.54) is 12.1 Å². The molecule has 1 amide bonds. The van der Waals surface area contributed by atoms with Crippen molar-refractivity contribution in [3.63, 3.8) is 0 Å². The summed E-state index contributed by atoms with van der Waals surface area (Å²) in [6, 6.07) is 4.09. The molecule has 1 aliphatic heterocycles. The first-order valence-electron chi connectivity index (χ1n) is 8.00. The van der Waals surface area contributed by atoms with Crippen LogP contribution in [0.25, 0.3) is 0 Å². The molecule has 2 nitrogen and oxygen atoms in total. The van der Waals surface area contributed by atoms with Crippen molar-refractivity contribution in [1.29, 1.82) is 0 Å². The molecule has 1 fully saturated rings. The van der Waals surface area contributed by atoms with E-state index in [9.17, 15) is 13.6 Å². The second-order valence-electron chi connectivity index (χ2n) is 7.30. The topological polar surface area (TPSA) is 20.3 Å². The Balaban J connectivity index is 1.90. The minimum absolute atomic E-state index is 0.199. The van der Waals surface area contributed by atoms with Gasteiger partial charge in [-0.1, -0.05) is 26.8 Å². The SMILES string of the molecule is CC(C)(C)C(=O)N1CCCC(CCc2ccc(F)c(F)c2)C1. The molecule has 0 aromatic heterocycles. The minimum atomic E-state index is -0.802. The Hall–Kier alpha value is -1.45. The number of likely N-dealkylation sites (tertiary alicyclic amines) is 1. The summed E-state index contributed by atoms with van der Waals surface area (Å²) in [4.78, 5) is 14.3. The molecule has 2 rings (SSSR count). The van der Waals surface area contributed by atoms with Gasteiger partial charge in [0.2, 0.25) is 5.91 Å². The summed E-state index contributed by atoms with van der Waals surface area (Å²) in [5.74, 6) is -0.952. The fourth-order valence-corrected chi connectivity index (χ4v) is 3.03. The first-order valence-corrected chi connectivity index (χ1v) is 8.00. The van der Waals surface area contributed by atoms with E-state index in [1.807, 2.05) is 25.7 Å². The summed E-state index contributed by atoms with van der Waals surface area (Å²) in [5, 5.41) is 0. The quantitative estimate of drug-likeness (QED) is 0.820. The number of carbonyl (C=O) groups excluding carboxylic acids is 1. The number of aryl methyl sites for hydroxylation is 1. The molecule has 0 saturated carbocycles. The molecule has 4 heteroatoms. The molecule has 0 aliphatic carbocycles. The van der Waals surface area contributed by atoms with Gasteiger partial charge in [0.1, 0.15) is 0 Å². The summed E-state index contributed by atoms with van der Waals surface area (Å²) in [6.45, 7) is 7.44. The number of carbonyl (C=O) groups is 1. The van der Waals surface area contributed by atoms with Crippen LogP contribution < -0.4 is 0 Å². The number of hydrogen-bond donors (Lipinski definition) is 0. The lowest BCUT2D eigenvalue weighted by atomic mass is 9.88. The molecule has 0 bridgehead atoms. The zero-order chi connectivity index (χ0) is 16.3. The highest BCUT2D eigenvalue weighted by molar-refractivity contribution is 5.81. The lowest BCUT2D eigenvalue weighted by molar-refractivity contribution is -0.141.